The number of rotatable bonds is 11. The lowest BCUT2D eigenvalue weighted by molar-refractivity contribution is -0.107. The Labute approximate surface area is 116 Å². The van der Waals surface area contributed by atoms with Gasteiger partial charge in [0.1, 0.15) is 0 Å². The lowest BCUT2D eigenvalue weighted by Crippen LogP contribution is -2.45. The van der Waals surface area contributed by atoms with E-state index in [0.29, 0.717) is 0 Å². The molecule has 10 nitrogen and oxygen atoms in total. The molecular formula is C10H24N2O8. The molecule has 0 rings (SSSR count). The zero-order valence-electron chi connectivity index (χ0n) is 11.0. The molecule has 0 heterocycles. The lowest BCUT2D eigenvalue weighted by atomic mass is 10.3. The van der Waals surface area contributed by atoms with Crippen LogP contribution >= 0.6 is 0 Å². The van der Waals surface area contributed by atoms with E-state index in [9.17, 15) is 0 Å². The van der Waals surface area contributed by atoms with E-state index in [2.05, 4.69) is 0 Å². The van der Waals surface area contributed by atoms with E-state index in [0.717, 1.165) is 0 Å². The first-order chi connectivity index (χ1) is 9.20. The van der Waals surface area contributed by atoms with Gasteiger partial charge in [-0.3, -0.25) is 9.80 Å². The summed E-state index contributed by atoms with van der Waals surface area (Å²) in [4.78, 5) is 2.66. The fourth-order valence-corrected chi connectivity index (χ4v) is 1.72. The highest BCUT2D eigenvalue weighted by atomic mass is 16.5. The van der Waals surface area contributed by atoms with Gasteiger partial charge < -0.3 is 40.9 Å². The van der Waals surface area contributed by atoms with Crippen LogP contribution in [-0.2, 0) is 0 Å². The van der Waals surface area contributed by atoms with Crippen LogP contribution in [0.1, 0.15) is 0 Å². The van der Waals surface area contributed by atoms with Crippen molar-refractivity contribution in [3.8, 4) is 0 Å². The summed E-state index contributed by atoms with van der Waals surface area (Å²) in [5, 5.41) is 71.0. The molecule has 0 aromatic heterocycles. The Morgan fingerprint density at radius 2 is 0.650 bits per heavy atom. The minimum Gasteiger partial charge on any atom is -0.367 e. The molecule has 0 atom stereocenters. The van der Waals surface area contributed by atoms with Gasteiger partial charge in [0.25, 0.3) is 0 Å². The van der Waals surface area contributed by atoms with Crippen LogP contribution in [0.25, 0.3) is 0 Å². The molecule has 0 spiro atoms. The van der Waals surface area contributed by atoms with E-state index in [-0.39, 0.29) is 39.3 Å². The maximum Gasteiger partial charge on any atom is 0.164 e. The Morgan fingerprint density at radius 1 is 0.450 bits per heavy atom. The predicted molar refractivity (Wildman–Crippen MR) is 65.8 cm³/mol. The second kappa shape index (κ2) is 10.3. The largest absolute Gasteiger partial charge is 0.367 e. The molecule has 0 saturated carbocycles. The molecule has 8 N–H and O–H groups in total. The van der Waals surface area contributed by atoms with Gasteiger partial charge in [-0.1, -0.05) is 0 Å². The molecule has 0 saturated heterocycles. The van der Waals surface area contributed by atoms with Crippen molar-refractivity contribution < 1.29 is 40.9 Å². The van der Waals surface area contributed by atoms with Crippen LogP contribution < -0.4 is 0 Å². The fraction of sp³-hybridized carbons (Fsp3) is 1.00. The maximum absolute atomic E-state index is 8.87. The highest BCUT2D eigenvalue weighted by Gasteiger charge is 2.17. The van der Waals surface area contributed by atoms with Crippen molar-refractivity contribution in [2.75, 3.05) is 39.3 Å². The molecule has 0 fully saturated rings. The minimum absolute atomic E-state index is 0.134. The van der Waals surface area contributed by atoms with Gasteiger partial charge in [-0.05, 0) is 0 Å². The van der Waals surface area contributed by atoms with Gasteiger partial charge in [0.15, 0.2) is 25.2 Å². The summed E-state index contributed by atoms with van der Waals surface area (Å²) in [7, 11) is 0. The SMILES string of the molecule is OC(O)CN(CCN(CC(O)O)CC(O)O)CC(O)O. The average molecular weight is 300 g/mol. The van der Waals surface area contributed by atoms with Crippen molar-refractivity contribution in [3.05, 3.63) is 0 Å². The van der Waals surface area contributed by atoms with E-state index in [1.165, 1.54) is 9.80 Å². The topological polar surface area (TPSA) is 168 Å². The second-order valence-electron chi connectivity index (χ2n) is 4.44. The third-order valence-corrected chi connectivity index (χ3v) is 2.42. The third kappa shape index (κ3) is 11.4. The van der Waals surface area contributed by atoms with Crippen LogP contribution in [0.15, 0.2) is 0 Å². The van der Waals surface area contributed by atoms with E-state index in [1.807, 2.05) is 0 Å². The molecule has 0 bridgehead atoms. The van der Waals surface area contributed by atoms with Crippen molar-refractivity contribution in [1.29, 1.82) is 0 Å². The lowest BCUT2D eigenvalue weighted by Gasteiger charge is -2.29. The molecule has 0 aromatic rings. The molecular weight excluding hydrogens is 276 g/mol. The van der Waals surface area contributed by atoms with Crippen molar-refractivity contribution in [3.63, 3.8) is 0 Å². The zero-order valence-corrected chi connectivity index (χ0v) is 11.0. The highest BCUT2D eigenvalue weighted by molar-refractivity contribution is 4.66. The molecule has 0 unspecified atom stereocenters. The van der Waals surface area contributed by atoms with E-state index < -0.39 is 25.2 Å². The predicted octanol–water partition coefficient (Wildman–Crippen LogP) is -5.17. The standard InChI is InChI=1S/C10H24N2O8/c13-7(14)3-11(4-8(15)16)1-2-12(5-9(17)18)6-10(19)20/h7-10,13-20H,1-6H2. The fourth-order valence-electron chi connectivity index (χ4n) is 1.72. The van der Waals surface area contributed by atoms with E-state index in [1.54, 1.807) is 0 Å². The van der Waals surface area contributed by atoms with E-state index in [4.69, 9.17) is 40.9 Å². The highest BCUT2D eigenvalue weighted by Crippen LogP contribution is 1.98. The number of aliphatic hydroxyl groups is 8. The Kier molecular flexibility index (Phi) is 10.1. The summed E-state index contributed by atoms with van der Waals surface area (Å²) in [5.74, 6) is 0. The van der Waals surface area contributed by atoms with Gasteiger partial charge >= 0.3 is 0 Å². The first-order valence-electron chi connectivity index (χ1n) is 6.10. The van der Waals surface area contributed by atoms with Crippen LogP contribution in [0, 0.1) is 0 Å². The number of hydrogen-bond donors (Lipinski definition) is 8. The quantitative estimate of drug-likeness (QED) is 0.173. The summed E-state index contributed by atoms with van der Waals surface area (Å²) < 4.78 is 0. The molecule has 0 aliphatic heterocycles. The number of hydrogen-bond acceptors (Lipinski definition) is 10. The van der Waals surface area contributed by atoms with Gasteiger partial charge in [0.2, 0.25) is 0 Å². The zero-order chi connectivity index (χ0) is 15.7. The number of aliphatic hydroxyl groups excluding tert-OH is 4. The first kappa shape index (κ1) is 19.6. The van der Waals surface area contributed by atoms with Gasteiger partial charge in [0, 0.05) is 39.3 Å². The summed E-state index contributed by atoms with van der Waals surface area (Å²) in [5.41, 5.74) is 0. The smallest absolute Gasteiger partial charge is 0.164 e. The first-order valence-corrected chi connectivity index (χ1v) is 6.10. The summed E-state index contributed by atoms with van der Waals surface area (Å²) in [6, 6.07) is 0. The van der Waals surface area contributed by atoms with Gasteiger partial charge in [-0.25, -0.2) is 0 Å². The van der Waals surface area contributed by atoms with Crippen LogP contribution in [0.4, 0.5) is 0 Å². The molecule has 20 heavy (non-hydrogen) atoms. The monoisotopic (exact) mass is 300 g/mol. The van der Waals surface area contributed by atoms with Crippen LogP contribution in [0.2, 0.25) is 0 Å². The third-order valence-electron chi connectivity index (χ3n) is 2.42. The van der Waals surface area contributed by atoms with Gasteiger partial charge in [-0.2, -0.15) is 0 Å². The van der Waals surface area contributed by atoms with Crippen molar-refractivity contribution in [1.82, 2.24) is 9.80 Å². The van der Waals surface area contributed by atoms with Crippen LogP contribution in [0.5, 0.6) is 0 Å². The Bertz CT molecular complexity index is 195. The average Bonchev–Trinajstić information content (AvgIpc) is 2.22. The van der Waals surface area contributed by atoms with Crippen molar-refractivity contribution >= 4 is 0 Å². The van der Waals surface area contributed by atoms with Crippen LogP contribution in [0.3, 0.4) is 0 Å². The molecule has 0 aliphatic carbocycles. The Morgan fingerprint density at radius 3 is 0.800 bits per heavy atom. The number of nitrogens with zero attached hydrogens (tertiary/aromatic N) is 2. The minimum atomic E-state index is -1.66. The normalized spacial score (nSPS) is 12.9. The summed E-state index contributed by atoms with van der Waals surface area (Å²) >= 11 is 0. The molecule has 0 amide bonds. The second-order valence-corrected chi connectivity index (χ2v) is 4.44. The summed E-state index contributed by atoms with van der Waals surface area (Å²) in [6.07, 6.45) is -6.63. The summed E-state index contributed by atoms with van der Waals surface area (Å²) in [6.45, 7) is -0.642. The molecule has 10 heteroatoms. The van der Waals surface area contributed by atoms with Crippen molar-refractivity contribution in [2.24, 2.45) is 0 Å². The van der Waals surface area contributed by atoms with Crippen LogP contribution in [-0.4, -0.2) is 115 Å². The maximum atomic E-state index is 8.87. The van der Waals surface area contributed by atoms with Gasteiger partial charge in [-0.15, -0.1) is 0 Å². The Balaban J connectivity index is 4.35. The molecule has 0 aliphatic rings. The van der Waals surface area contributed by atoms with E-state index >= 15 is 0 Å². The molecule has 0 aromatic carbocycles. The van der Waals surface area contributed by atoms with Crippen molar-refractivity contribution in [2.45, 2.75) is 25.2 Å². The Hall–Kier alpha value is -0.400. The molecule has 0 radical (unpaired) electrons. The van der Waals surface area contributed by atoms with Gasteiger partial charge in [0.05, 0.1) is 0 Å². The molecule has 122 valence electrons.